The molecule has 0 atom stereocenters. The van der Waals surface area contributed by atoms with Gasteiger partial charge in [0.25, 0.3) is 0 Å². The maximum absolute atomic E-state index is 12.1. The smallest absolute Gasteiger partial charge is 0.343 e. The predicted octanol–water partition coefficient (Wildman–Crippen LogP) is 2.79. The van der Waals surface area contributed by atoms with Gasteiger partial charge < -0.3 is 14.2 Å². The van der Waals surface area contributed by atoms with Gasteiger partial charge in [0.15, 0.2) is 0 Å². The molecule has 106 valence electrons. The number of carbonyl (C=O) groups excluding carboxylic acids is 1. The van der Waals surface area contributed by atoms with Gasteiger partial charge in [-0.2, -0.15) is 5.26 Å². The van der Waals surface area contributed by atoms with Crippen LogP contribution in [0.5, 0.6) is 17.2 Å². The van der Waals surface area contributed by atoms with Gasteiger partial charge in [-0.1, -0.05) is 6.07 Å². The van der Waals surface area contributed by atoms with Crippen molar-refractivity contribution in [3.63, 3.8) is 0 Å². The molecule has 2 rings (SSSR count). The minimum absolute atomic E-state index is 0.300. The Hall–Kier alpha value is -3.00. The lowest BCUT2D eigenvalue weighted by molar-refractivity contribution is 0.0734. The minimum Gasteiger partial charge on any atom is -0.497 e. The number of benzene rings is 2. The molecule has 0 fully saturated rings. The van der Waals surface area contributed by atoms with Gasteiger partial charge in [-0.05, 0) is 30.3 Å². The van der Waals surface area contributed by atoms with Crippen LogP contribution >= 0.6 is 0 Å². The highest BCUT2D eigenvalue weighted by Gasteiger charge is 2.12. The second-order valence-electron chi connectivity index (χ2n) is 4.13. The first kappa shape index (κ1) is 14.4. The molecule has 0 amide bonds. The highest BCUT2D eigenvalue weighted by molar-refractivity contribution is 5.92. The van der Waals surface area contributed by atoms with Crippen LogP contribution in [-0.4, -0.2) is 20.2 Å². The third kappa shape index (κ3) is 3.51. The molecule has 0 aromatic heterocycles. The SMILES string of the molecule is COc1cc(OC)cc(C(=O)Oc2cccc(C#N)c2)c1. The Morgan fingerprint density at radius 2 is 1.67 bits per heavy atom. The van der Waals surface area contributed by atoms with E-state index in [2.05, 4.69) is 0 Å². The Kier molecular flexibility index (Phi) is 4.42. The fourth-order valence-electron chi connectivity index (χ4n) is 1.72. The number of nitrogens with zero attached hydrogens (tertiary/aromatic N) is 1. The summed E-state index contributed by atoms with van der Waals surface area (Å²) in [7, 11) is 3.00. The summed E-state index contributed by atoms with van der Waals surface area (Å²) in [6.07, 6.45) is 0. The van der Waals surface area contributed by atoms with Crippen LogP contribution in [0.4, 0.5) is 0 Å². The van der Waals surface area contributed by atoms with Crippen molar-refractivity contribution in [1.82, 2.24) is 0 Å². The lowest BCUT2D eigenvalue weighted by Crippen LogP contribution is -2.09. The Bertz CT molecular complexity index is 681. The molecule has 0 aliphatic rings. The fourth-order valence-corrected chi connectivity index (χ4v) is 1.72. The topological polar surface area (TPSA) is 68.6 Å². The van der Waals surface area contributed by atoms with E-state index in [9.17, 15) is 4.79 Å². The standard InChI is InChI=1S/C16H13NO4/c1-19-14-7-12(8-15(9-14)20-2)16(18)21-13-5-3-4-11(6-13)10-17/h3-9H,1-2H3. The summed E-state index contributed by atoms with van der Waals surface area (Å²) in [5.74, 6) is 0.738. The van der Waals surface area contributed by atoms with E-state index in [1.165, 1.54) is 20.3 Å². The van der Waals surface area contributed by atoms with Crippen LogP contribution in [0.3, 0.4) is 0 Å². The third-order valence-corrected chi connectivity index (χ3v) is 2.76. The number of nitriles is 1. The van der Waals surface area contributed by atoms with Gasteiger partial charge in [0.05, 0.1) is 31.4 Å². The van der Waals surface area contributed by atoms with E-state index in [1.54, 1.807) is 36.4 Å². The number of ether oxygens (including phenoxy) is 3. The zero-order chi connectivity index (χ0) is 15.2. The number of methoxy groups -OCH3 is 2. The first-order valence-electron chi connectivity index (χ1n) is 6.11. The van der Waals surface area contributed by atoms with Crippen LogP contribution in [0.1, 0.15) is 15.9 Å². The molecule has 0 radical (unpaired) electrons. The number of esters is 1. The number of hydrogen-bond acceptors (Lipinski definition) is 5. The quantitative estimate of drug-likeness (QED) is 0.637. The van der Waals surface area contributed by atoms with Crippen LogP contribution in [0.2, 0.25) is 0 Å². The molecule has 2 aromatic rings. The molecule has 0 N–H and O–H groups in total. The average Bonchev–Trinajstić information content (AvgIpc) is 2.54. The van der Waals surface area contributed by atoms with E-state index in [1.807, 2.05) is 6.07 Å². The van der Waals surface area contributed by atoms with Crippen molar-refractivity contribution >= 4 is 5.97 Å². The lowest BCUT2D eigenvalue weighted by atomic mass is 10.2. The second-order valence-corrected chi connectivity index (χ2v) is 4.13. The van der Waals surface area contributed by atoms with Crippen molar-refractivity contribution in [3.8, 4) is 23.3 Å². The molecule has 5 heteroatoms. The number of rotatable bonds is 4. The summed E-state index contributed by atoms with van der Waals surface area (Å²) in [5, 5.41) is 8.83. The largest absolute Gasteiger partial charge is 0.497 e. The summed E-state index contributed by atoms with van der Waals surface area (Å²) < 4.78 is 15.4. The van der Waals surface area contributed by atoms with Gasteiger partial charge in [-0.3, -0.25) is 0 Å². The Balaban J connectivity index is 2.25. The van der Waals surface area contributed by atoms with Gasteiger partial charge in [0.2, 0.25) is 0 Å². The van der Waals surface area contributed by atoms with E-state index in [0.717, 1.165) is 0 Å². The molecule has 5 nitrogen and oxygen atoms in total. The van der Waals surface area contributed by atoms with Crippen molar-refractivity contribution in [2.75, 3.05) is 14.2 Å². The van der Waals surface area contributed by atoms with Crippen molar-refractivity contribution in [2.24, 2.45) is 0 Å². The molecule has 0 saturated heterocycles. The van der Waals surface area contributed by atoms with Crippen molar-refractivity contribution < 1.29 is 19.0 Å². The predicted molar refractivity (Wildman–Crippen MR) is 75.7 cm³/mol. The molecular weight excluding hydrogens is 270 g/mol. The fraction of sp³-hybridized carbons (Fsp3) is 0.125. The van der Waals surface area contributed by atoms with Gasteiger partial charge in [0.1, 0.15) is 17.2 Å². The molecule has 0 unspecified atom stereocenters. The molecule has 0 aliphatic heterocycles. The first-order chi connectivity index (χ1) is 10.2. The average molecular weight is 283 g/mol. The van der Waals surface area contributed by atoms with E-state index in [-0.39, 0.29) is 0 Å². The summed E-state index contributed by atoms with van der Waals surface area (Å²) in [6.45, 7) is 0. The monoisotopic (exact) mass is 283 g/mol. The zero-order valence-electron chi connectivity index (χ0n) is 11.6. The minimum atomic E-state index is -0.553. The Labute approximate surface area is 122 Å². The van der Waals surface area contributed by atoms with Crippen molar-refractivity contribution in [2.45, 2.75) is 0 Å². The van der Waals surface area contributed by atoms with Crippen LogP contribution in [0, 0.1) is 11.3 Å². The van der Waals surface area contributed by atoms with E-state index in [0.29, 0.717) is 28.4 Å². The third-order valence-electron chi connectivity index (χ3n) is 2.76. The van der Waals surface area contributed by atoms with E-state index >= 15 is 0 Å². The first-order valence-corrected chi connectivity index (χ1v) is 6.11. The molecule has 0 heterocycles. The van der Waals surface area contributed by atoms with Crippen molar-refractivity contribution in [3.05, 3.63) is 53.6 Å². The van der Waals surface area contributed by atoms with Crippen LogP contribution in [0.25, 0.3) is 0 Å². The molecule has 0 aliphatic carbocycles. The Morgan fingerprint density at radius 1 is 1.00 bits per heavy atom. The maximum atomic E-state index is 12.1. The van der Waals surface area contributed by atoms with Crippen LogP contribution in [0.15, 0.2) is 42.5 Å². The summed E-state index contributed by atoms with van der Waals surface area (Å²) in [5.41, 5.74) is 0.720. The van der Waals surface area contributed by atoms with Crippen LogP contribution < -0.4 is 14.2 Å². The molecule has 21 heavy (non-hydrogen) atoms. The molecular formula is C16H13NO4. The van der Waals surface area contributed by atoms with Gasteiger partial charge in [0, 0.05) is 6.07 Å². The number of carbonyl (C=O) groups is 1. The van der Waals surface area contributed by atoms with Gasteiger partial charge in [-0.15, -0.1) is 0 Å². The molecule has 0 bridgehead atoms. The normalized spacial score (nSPS) is 9.57. The van der Waals surface area contributed by atoms with E-state index < -0.39 is 5.97 Å². The Morgan fingerprint density at radius 3 is 2.24 bits per heavy atom. The summed E-state index contributed by atoms with van der Waals surface area (Å²) >= 11 is 0. The molecule has 0 spiro atoms. The van der Waals surface area contributed by atoms with Gasteiger partial charge >= 0.3 is 5.97 Å². The zero-order valence-corrected chi connectivity index (χ0v) is 11.6. The summed E-state index contributed by atoms with van der Waals surface area (Å²) in [4.78, 5) is 12.1. The van der Waals surface area contributed by atoms with Crippen molar-refractivity contribution in [1.29, 1.82) is 5.26 Å². The summed E-state index contributed by atoms with van der Waals surface area (Å²) in [6, 6.07) is 13.1. The van der Waals surface area contributed by atoms with Gasteiger partial charge in [-0.25, -0.2) is 4.79 Å². The maximum Gasteiger partial charge on any atom is 0.343 e. The van der Waals surface area contributed by atoms with Crippen LogP contribution in [-0.2, 0) is 0 Å². The second kappa shape index (κ2) is 6.44. The molecule has 0 saturated carbocycles. The highest BCUT2D eigenvalue weighted by Crippen LogP contribution is 2.24. The molecule has 2 aromatic carbocycles. The number of hydrogen-bond donors (Lipinski definition) is 0. The van der Waals surface area contributed by atoms with E-state index in [4.69, 9.17) is 19.5 Å². The highest BCUT2D eigenvalue weighted by atomic mass is 16.5. The lowest BCUT2D eigenvalue weighted by Gasteiger charge is -2.08.